The molecule has 2 nitrogen and oxygen atoms in total. The maximum absolute atomic E-state index is 9.28. The van der Waals surface area contributed by atoms with E-state index in [-0.39, 0.29) is 0 Å². The van der Waals surface area contributed by atoms with Crippen LogP contribution in [0.15, 0.2) is 17.5 Å². The van der Waals surface area contributed by atoms with Crippen LogP contribution in [0.4, 0.5) is 0 Å². The van der Waals surface area contributed by atoms with Crippen molar-refractivity contribution in [1.29, 1.82) is 0 Å². The summed E-state index contributed by atoms with van der Waals surface area (Å²) in [7, 11) is 0. The van der Waals surface area contributed by atoms with Crippen LogP contribution in [0.2, 0.25) is 0 Å². The summed E-state index contributed by atoms with van der Waals surface area (Å²) in [4.78, 5) is 1.26. The third kappa shape index (κ3) is 2.93. The Bertz CT molecular complexity index is 206. The minimum absolute atomic E-state index is 0.591. The second-order valence-corrected chi connectivity index (χ2v) is 3.96. The molecule has 0 saturated carbocycles. The molecule has 1 aromatic heterocycles. The monoisotopic (exact) mass is 186 g/mol. The van der Waals surface area contributed by atoms with E-state index < -0.39 is 12.2 Å². The summed E-state index contributed by atoms with van der Waals surface area (Å²) in [5.74, 6) is 0. The van der Waals surface area contributed by atoms with Gasteiger partial charge in [0.25, 0.3) is 0 Å². The normalized spacial score (nSPS) is 15.9. The van der Waals surface area contributed by atoms with Crippen LogP contribution >= 0.6 is 11.3 Å². The smallest absolute Gasteiger partial charge is 0.0799 e. The first kappa shape index (κ1) is 9.71. The lowest BCUT2D eigenvalue weighted by Crippen LogP contribution is -2.22. The molecule has 2 atom stereocenters. The molecule has 0 radical (unpaired) electrons. The fourth-order valence-corrected chi connectivity index (χ4v) is 1.71. The largest absolute Gasteiger partial charge is 0.391 e. The Hall–Kier alpha value is -0.380. The zero-order valence-electron chi connectivity index (χ0n) is 7.10. The van der Waals surface area contributed by atoms with Gasteiger partial charge in [0, 0.05) is 4.88 Å². The van der Waals surface area contributed by atoms with Gasteiger partial charge < -0.3 is 10.2 Å². The standard InChI is InChI=1S/C9H14O2S/c1-7(10)9(11)5-4-8-3-2-6-12-8/h2-3,6-7,9-11H,4-5H2,1H3. The van der Waals surface area contributed by atoms with E-state index in [2.05, 4.69) is 0 Å². The molecule has 0 bridgehead atoms. The molecule has 2 unspecified atom stereocenters. The number of hydrogen-bond donors (Lipinski definition) is 2. The molecule has 0 fully saturated rings. The highest BCUT2D eigenvalue weighted by Crippen LogP contribution is 2.12. The van der Waals surface area contributed by atoms with Crippen LogP contribution in [0, 0.1) is 0 Å². The molecule has 0 aliphatic carbocycles. The van der Waals surface area contributed by atoms with Crippen molar-refractivity contribution in [2.24, 2.45) is 0 Å². The molecule has 0 spiro atoms. The van der Waals surface area contributed by atoms with E-state index in [1.165, 1.54) is 4.88 Å². The molecule has 12 heavy (non-hydrogen) atoms. The van der Waals surface area contributed by atoms with Crippen molar-refractivity contribution < 1.29 is 10.2 Å². The Kier molecular flexibility index (Phi) is 3.72. The van der Waals surface area contributed by atoms with Gasteiger partial charge in [0.05, 0.1) is 12.2 Å². The third-order valence-corrected chi connectivity index (χ3v) is 2.76. The Morgan fingerprint density at radius 3 is 2.75 bits per heavy atom. The van der Waals surface area contributed by atoms with Crippen molar-refractivity contribution in [1.82, 2.24) is 0 Å². The highest BCUT2D eigenvalue weighted by Gasteiger charge is 2.10. The summed E-state index contributed by atoms with van der Waals surface area (Å²) in [5.41, 5.74) is 0. The van der Waals surface area contributed by atoms with E-state index in [4.69, 9.17) is 5.11 Å². The fraction of sp³-hybridized carbons (Fsp3) is 0.556. The topological polar surface area (TPSA) is 40.5 Å². The molecular weight excluding hydrogens is 172 g/mol. The summed E-state index contributed by atoms with van der Waals surface area (Å²) in [6.45, 7) is 1.61. The Labute approximate surface area is 76.5 Å². The lowest BCUT2D eigenvalue weighted by molar-refractivity contribution is 0.0266. The van der Waals surface area contributed by atoms with Crippen molar-refractivity contribution in [3.05, 3.63) is 22.4 Å². The molecule has 3 heteroatoms. The summed E-state index contributed by atoms with van der Waals surface area (Å²) in [6.07, 6.45) is 0.277. The average molecular weight is 186 g/mol. The molecule has 1 rings (SSSR count). The van der Waals surface area contributed by atoms with Crippen molar-refractivity contribution in [2.75, 3.05) is 0 Å². The van der Waals surface area contributed by atoms with Gasteiger partial charge in [-0.2, -0.15) is 0 Å². The van der Waals surface area contributed by atoms with Gasteiger partial charge >= 0.3 is 0 Å². The highest BCUT2D eigenvalue weighted by molar-refractivity contribution is 7.09. The van der Waals surface area contributed by atoms with Crippen LogP contribution in [0.25, 0.3) is 0 Å². The van der Waals surface area contributed by atoms with Crippen molar-refractivity contribution in [3.8, 4) is 0 Å². The van der Waals surface area contributed by atoms with Crippen LogP contribution in [-0.2, 0) is 6.42 Å². The average Bonchev–Trinajstić information content (AvgIpc) is 2.51. The molecule has 68 valence electrons. The maximum atomic E-state index is 9.28. The van der Waals surface area contributed by atoms with Crippen LogP contribution in [0.1, 0.15) is 18.2 Å². The van der Waals surface area contributed by atoms with Gasteiger partial charge in [-0.25, -0.2) is 0 Å². The number of hydrogen-bond acceptors (Lipinski definition) is 3. The van der Waals surface area contributed by atoms with Crippen LogP contribution in [-0.4, -0.2) is 22.4 Å². The first-order valence-corrected chi connectivity index (χ1v) is 4.96. The zero-order chi connectivity index (χ0) is 8.97. The first-order chi connectivity index (χ1) is 5.70. The van der Waals surface area contributed by atoms with Crippen molar-refractivity contribution in [2.45, 2.75) is 32.0 Å². The second kappa shape index (κ2) is 4.60. The van der Waals surface area contributed by atoms with Crippen molar-refractivity contribution in [3.63, 3.8) is 0 Å². The number of aliphatic hydroxyl groups excluding tert-OH is 2. The van der Waals surface area contributed by atoms with Crippen LogP contribution in [0.3, 0.4) is 0 Å². The van der Waals surface area contributed by atoms with E-state index in [0.717, 1.165) is 6.42 Å². The first-order valence-electron chi connectivity index (χ1n) is 4.08. The molecule has 2 N–H and O–H groups in total. The Morgan fingerprint density at radius 1 is 1.50 bits per heavy atom. The highest BCUT2D eigenvalue weighted by atomic mass is 32.1. The van der Waals surface area contributed by atoms with Crippen LogP contribution in [0.5, 0.6) is 0 Å². The van der Waals surface area contributed by atoms with Gasteiger partial charge in [0.1, 0.15) is 0 Å². The number of rotatable bonds is 4. The number of thiophene rings is 1. The lowest BCUT2D eigenvalue weighted by atomic mass is 10.1. The lowest BCUT2D eigenvalue weighted by Gasteiger charge is -2.11. The van der Waals surface area contributed by atoms with Gasteiger partial charge in [-0.3, -0.25) is 0 Å². The quantitative estimate of drug-likeness (QED) is 0.746. The molecule has 0 aliphatic rings. The van der Waals surface area contributed by atoms with Gasteiger partial charge in [-0.15, -0.1) is 11.3 Å². The van der Waals surface area contributed by atoms with E-state index in [1.807, 2.05) is 17.5 Å². The second-order valence-electron chi connectivity index (χ2n) is 2.93. The van der Waals surface area contributed by atoms with E-state index >= 15 is 0 Å². The molecule has 1 aromatic rings. The summed E-state index contributed by atoms with van der Waals surface area (Å²) in [6, 6.07) is 4.04. The summed E-state index contributed by atoms with van der Waals surface area (Å²) >= 11 is 1.68. The van der Waals surface area contributed by atoms with Gasteiger partial charge in [-0.05, 0) is 31.2 Å². The fourth-order valence-electron chi connectivity index (χ4n) is 0.986. The zero-order valence-corrected chi connectivity index (χ0v) is 7.92. The molecule has 0 saturated heterocycles. The summed E-state index contributed by atoms with van der Waals surface area (Å²) in [5, 5.41) is 20.3. The van der Waals surface area contributed by atoms with Gasteiger partial charge in [-0.1, -0.05) is 6.07 Å². The van der Waals surface area contributed by atoms with Gasteiger partial charge in [0.15, 0.2) is 0 Å². The minimum atomic E-state index is -0.620. The molecule has 0 aromatic carbocycles. The Balaban J connectivity index is 2.27. The molecular formula is C9H14O2S. The predicted octanol–water partition coefficient (Wildman–Crippen LogP) is 1.42. The maximum Gasteiger partial charge on any atom is 0.0799 e. The number of aliphatic hydroxyl groups is 2. The third-order valence-electron chi connectivity index (χ3n) is 1.82. The van der Waals surface area contributed by atoms with E-state index in [1.54, 1.807) is 18.3 Å². The molecule has 0 amide bonds. The minimum Gasteiger partial charge on any atom is -0.391 e. The SMILES string of the molecule is CC(O)C(O)CCc1cccs1. The van der Waals surface area contributed by atoms with Gasteiger partial charge in [0.2, 0.25) is 0 Å². The predicted molar refractivity (Wildman–Crippen MR) is 50.3 cm³/mol. The molecule has 0 aliphatic heterocycles. The van der Waals surface area contributed by atoms with Crippen LogP contribution < -0.4 is 0 Å². The Morgan fingerprint density at radius 2 is 2.25 bits per heavy atom. The van der Waals surface area contributed by atoms with E-state index in [9.17, 15) is 5.11 Å². The molecule has 1 heterocycles. The van der Waals surface area contributed by atoms with Crippen molar-refractivity contribution >= 4 is 11.3 Å². The summed E-state index contributed by atoms with van der Waals surface area (Å²) < 4.78 is 0. The van der Waals surface area contributed by atoms with E-state index in [0.29, 0.717) is 6.42 Å². The number of aryl methyl sites for hydroxylation is 1.